The number of carbonyl (C=O) groups is 2. The lowest BCUT2D eigenvalue weighted by molar-refractivity contribution is 0.0730. The Morgan fingerprint density at radius 2 is 1.28 bits per heavy atom. The SMILES string of the molecule is C=CCCCCCCCCCOc1ccc(C(=O)Oc2ccc(C(=O)Oc3ccc(OC[C@@H](C)CC)cc3)cc2)cc1Cl. The van der Waals surface area contributed by atoms with Gasteiger partial charge < -0.3 is 18.9 Å². The first-order valence-corrected chi connectivity index (χ1v) is 15.6. The molecule has 3 rings (SSSR count). The largest absolute Gasteiger partial charge is 0.493 e. The summed E-state index contributed by atoms with van der Waals surface area (Å²) in [6.07, 6.45) is 12.4. The zero-order chi connectivity index (χ0) is 30.9. The third-order valence-corrected chi connectivity index (χ3v) is 7.34. The Bertz CT molecular complexity index is 1290. The molecule has 0 bridgehead atoms. The Balaban J connectivity index is 1.41. The van der Waals surface area contributed by atoms with E-state index in [1.165, 1.54) is 38.2 Å². The summed E-state index contributed by atoms with van der Waals surface area (Å²) in [6.45, 7) is 9.22. The van der Waals surface area contributed by atoms with Crippen molar-refractivity contribution >= 4 is 23.5 Å². The van der Waals surface area contributed by atoms with E-state index in [4.69, 9.17) is 30.5 Å². The first-order chi connectivity index (χ1) is 20.9. The van der Waals surface area contributed by atoms with Crippen molar-refractivity contribution in [2.45, 2.75) is 71.6 Å². The number of hydrogen-bond acceptors (Lipinski definition) is 6. The van der Waals surface area contributed by atoms with Crippen LogP contribution in [0.25, 0.3) is 0 Å². The Kier molecular flexibility index (Phi) is 14.7. The third-order valence-electron chi connectivity index (χ3n) is 7.04. The molecule has 0 aliphatic rings. The summed E-state index contributed by atoms with van der Waals surface area (Å²) in [5, 5.41) is 0.352. The topological polar surface area (TPSA) is 71.1 Å². The van der Waals surface area contributed by atoms with Gasteiger partial charge in [-0.2, -0.15) is 0 Å². The highest BCUT2D eigenvalue weighted by atomic mass is 35.5. The van der Waals surface area contributed by atoms with Crippen molar-refractivity contribution in [1.29, 1.82) is 0 Å². The van der Waals surface area contributed by atoms with Crippen LogP contribution in [0.5, 0.6) is 23.0 Å². The molecule has 230 valence electrons. The Hall–Kier alpha value is -3.77. The molecular formula is C36H43ClO6. The van der Waals surface area contributed by atoms with Gasteiger partial charge in [0, 0.05) is 0 Å². The van der Waals surface area contributed by atoms with Gasteiger partial charge in [0.2, 0.25) is 0 Å². The van der Waals surface area contributed by atoms with Crippen LogP contribution >= 0.6 is 11.6 Å². The van der Waals surface area contributed by atoms with E-state index in [-0.39, 0.29) is 0 Å². The molecule has 0 amide bonds. The summed E-state index contributed by atoms with van der Waals surface area (Å²) < 4.78 is 22.5. The molecule has 0 N–H and O–H groups in total. The van der Waals surface area contributed by atoms with E-state index in [2.05, 4.69) is 20.4 Å². The summed E-state index contributed by atoms with van der Waals surface area (Å²) in [7, 11) is 0. The second-order valence-electron chi connectivity index (χ2n) is 10.6. The second-order valence-corrected chi connectivity index (χ2v) is 11.1. The lowest BCUT2D eigenvalue weighted by atomic mass is 10.1. The van der Waals surface area contributed by atoms with Crippen LogP contribution in [0.4, 0.5) is 0 Å². The van der Waals surface area contributed by atoms with E-state index in [1.807, 2.05) is 6.08 Å². The molecule has 0 saturated carbocycles. The number of hydrogen-bond donors (Lipinski definition) is 0. The maximum absolute atomic E-state index is 12.7. The highest BCUT2D eigenvalue weighted by molar-refractivity contribution is 6.32. The molecule has 0 fully saturated rings. The highest BCUT2D eigenvalue weighted by Crippen LogP contribution is 2.27. The zero-order valence-electron chi connectivity index (χ0n) is 25.3. The summed E-state index contributed by atoms with van der Waals surface area (Å²) in [5.41, 5.74) is 0.624. The molecule has 7 heteroatoms. The van der Waals surface area contributed by atoms with Crippen molar-refractivity contribution < 1.29 is 28.5 Å². The number of benzene rings is 3. The van der Waals surface area contributed by atoms with E-state index in [0.29, 0.717) is 52.5 Å². The number of esters is 2. The van der Waals surface area contributed by atoms with Gasteiger partial charge in [-0.05, 0) is 91.9 Å². The quantitative estimate of drug-likeness (QED) is 0.0585. The normalized spacial score (nSPS) is 11.4. The fourth-order valence-electron chi connectivity index (χ4n) is 4.15. The minimum absolute atomic E-state index is 0.293. The van der Waals surface area contributed by atoms with Gasteiger partial charge in [0.25, 0.3) is 0 Å². The molecule has 0 aliphatic carbocycles. The van der Waals surface area contributed by atoms with Crippen LogP contribution in [0.1, 0.15) is 92.4 Å². The van der Waals surface area contributed by atoms with E-state index >= 15 is 0 Å². The molecule has 0 heterocycles. The number of unbranched alkanes of at least 4 members (excludes halogenated alkanes) is 7. The van der Waals surface area contributed by atoms with Gasteiger partial charge in [0.15, 0.2) is 0 Å². The predicted octanol–water partition coefficient (Wildman–Crippen LogP) is 9.89. The van der Waals surface area contributed by atoms with Gasteiger partial charge in [-0.1, -0.05) is 70.0 Å². The van der Waals surface area contributed by atoms with Gasteiger partial charge >= 0.3 is 11.9 Å². The summed E-state index contributed by atoms with van der Waals surface area (Å²) in [6, 6.07) is 17.9. The number of rotatable bonds is 19. The molecule has 1 atom stereocenters. The molecule has 0 aromatic heterocycles. The van der Waals surface area contributed by atoms with Crippen LogP contribution in [0.3, 0.4) is 0 Å². The standard InChI is InChI=1S/C36H43ClO6/c1-4-6-7-8-9-10-11-12-13-24-40-34-23-16-29(25-33(34)37)36(39)43-31-17-14-28(15-18-31)35(38)42-32-21-19-30(20-22-32)41-26-27(3)5-2/h4,14-23,25,27H,1,5-13,24,26H2,2-3H3/t27-/m0/s1. The molecule has 43 heavy (non-hydrogen) atoms. The average Bonchev–Trinajstić information content (AvgIpc) is 3.02. The summed E-state index contributed by atoms with van der Waals surface area (Å²) >= 11 is 6.37. The first-order valence-electron chi connectivity index (χ1n) is 15.2. The summed E-state index contributed by atoms with van der Waals surface area (Å²) in [4.78, 5) is 25.3. The molecule has 3 aromatic carbocycles. The third kappa shape index (κ3) is 12.2. The van der Waals surface area contributed by atoms with Crippen molar-refractivity contribution in [3.05, 3.63) is 95.5 Å². The van der Waals surface area contributed by atoms with Crippen molar-refractivity contribution in [1.82, 2.24) is 0 Å². The van der Waals surface area contributed by atoms with Crippen LogP contribution in [0, 0.1) is 5.92 Å². The van der Waals surface area contributed by atoms with Gasteiger partial charge in [-0.3, -0.25) is 0 Å². The van der Waals surface area contributed by atoms with Gasteiger partial charge in [0.05, 0.1) is 29.4 Å². The number of ether oxygens (including phenoxy) is 4. The van der Waals surface area contributed by atoms with Crippen molar-refractivity contribution in [2.75, 3.05) is 13.2 Å². The Labute approximate surface area is 261 Å². The van der Waals surface area contributed by atoms with Gasteiger partial charge in [-0.15, -0.1) is 6.58 Å². The van der Waals surface area contributed by atoms with Crippen LogP contribution in [-0.2, 0) is 0 Å². The van der Waals surface area contributed by atoms with E-state index in [1.54, 1.807) is 60.7 Å². The Morgan fingerprint density at radius 1 is 0.744 bits per heavy atom. The number of halogens is 1. The van der Waals surface area contributed by atoms with Crippen molar-refractivity contribution in [2.24, 2.45) is 5.92 Å². The van der Waals surface area contributed by atoms with E-state index in [0.717, 1.165) is 31.4 Å². The monoisotopic (exact) mass is 606 g/mol. The van der Waals surface area contributed by atoms with Crippen LogP contribution in [-0.4, -0.2) is 25.2 Å². The minimum atomic E-state index is -0.562. The minimum Gasteiger partial charge on any atom is -0.493 e. The van der Waals surface area contributed by atoms with Crippen molar-refractivity contribution in [3.63, 3.8) is 0 Å². The lowest BCUT2D eigenvalue weighted by Crippen LogP contribution is -2.10. The second kappa shape index (κ2) is 18.7. The van der Waals surface area contributed by atoms with E-state index in [9.17, 15) is 9.59 Å². The molecule has 3 aromatic rings. The van der Waals surface area contributed by atoms with Gasteiger partial charge in [0.1, 0.15) is 23.0 Å². The molecule has 0 saturated heterocycles. The molecule has 0 unspecified atom stereocenters. The van der Waals surface area contributed by atoms with Crippen LogP contribution < -0.4 is 18.9 Å². The smallest absolute Gasteiger partial charge is 0.343 e. The van der Waals surface area contributed by atoms with Crippen LogP contribution in [0.2, 0.25) is 5.02 Å². The number of allylic oxidation sites excluding steroid dienone is 1. The fraction of sp³-hybridized carbons (Fsp3) is 0.389. The van der Waals surface area contributed by atoms with Gasteiger partial charge in [-0.25, -0.2) is 9.59 Å². The fourth-order valence-corrected chi connectivity index (χ4v) is 4.39. The maximum atomic E-state index is 12.7. The first kappa shape index (κ1) is 33.7. The molecule has 0 radical (unpaired) electrons. The van der Waals surface area contributed by atoms with Crippen molar-refractivity contribution in [3.8, 4) is 23.0 Å². The molecule has 0 aliphatic heterocycles. The molecule has 0 spiro atoms. The van der Waals surface area contributed by atoms with E-state index < -0.39 is 11.9 Å². The summed E-state index contributed by atoms with van der Waals surface area (Å²) in [5.74, 6) is 1.35. The number of carbonyl (C=O) groups excluding carboxylic acids is 2. The lowest BCUT2D eigenvalue weighted by Gasteiger charge is -2.11. The maximum Gasteiger partial charge on any atom is 0.343 e. The molecular weight excluding hydrogens is 564 g/mol. The van der Waals surface area contributed by atoms with Crippen LogP contribution in [0.15, 0.2) is 79.4 Å². The zero-order valence-corrected chi connectivity index (χ0v) is 26.1. The molecule has 6 nitrogen and oxygen atoms in total. The average molecular weight is 607 g/mol. The highest BCUT2D eigenvalue weighted by Gasteiger charge is 2.14. The predicted molar refractivity (Wildman–Crippen MR) is 172 cm³/mol. The Morgan fingerprint density at radius 3 is 1.88 bits per heavy atom.